The molecule has 1 aromatic rings. The van der Waals surface area contributed by atoms with Crippen LogP contribution in [-0.4, -0.2) is 29.7 Å². The third-order valence-electron chi connectivity index (χ3n) is 2.46. The maximum atomic E-state index is 8.99. The van der Waals surface area contributed by atoms with Crippen molar-refractivity contribution in [3.05, 3.63) is 28.2 Å². The fraction of sp³-hybridized carbons (Fsp3) is 0.500. The fourth-order valence-corrected chi connectivity index (χ4v) is 2.08. The zero-order valence-electron chi connectivity index (χ0n) is 9.62. The van der Waals surface area contributed by atoms with Gasteiger partial charge in [-0.1, -0.05) is 19.1 Å². The van der Waals surface area contributed by atoms with Crippen molar-refractivity contribution in [3.63, 3.8) is 0 Å². The number of hydrogen-bond acceptors (Lipinski definition) is 3. The van der Waals surface area contributed by atoms with E-state index in [1.807, 2.05) is 12.1 Å². The summed E-state index contributed by atoms with van der Waals surface area (Å²) < 4.78 is 0.967. The van der Waals surface area contributed by atoms with Gasteiger partial charge in [-0.15, -0.1) is 0 Å². The first-order valence-corrected chi connectivity index (χ1v) is 6.34. The standard InChI is InChI=1S/C12H19BrN2O/c1-2-6-15(7-8-16)9-10-4-3-5-11(14)12(10)13/h3-5,16H,2,6-9,14H2,1H3. The Bertz CT molecular complexity index is 325. The van der Waals surface area contributed by atoms with Crippen LogP contribution in [0.5, 0.6) is 0 Å². The number of aliphatic hydroxyl groups is 1. The maximum absolute atomic E-state index is 8.99. The smallest absolute Gasteiger partial charge is 0.0558 e. The second kappa shape index (κ2) is 6.89. The lowest BCUT2D eigenvalue weighted by Crippen LogP contribution is -2.27. The molecular weight excluding hydrogens is 268 g/mol. The highest BCUT2D eigenvalue weighted by molar-refractivity contribution is 9.10. The van der Waals surface area contributed by atoms with Crippen LogP contribution in [0.2, 0.25) is 0 Å². The molecule has 1 rings (SSSR count). The summed E-state index contributed by atoms with van der Waals surface area (Å²) in [6.45, 7) is 4.84. The monoisotopic (exact) mass is 286 g/mol. The number of nitrogens with zero attached hydrogens (tertiary/aromatic N) is 1. The molecule has 0 spiro atoms. The zero-order chi connectivity index (χ0) is 12.0. The highest BCUT2D eigenvalue weighted by Gasteiger charge is 2.08. The van der Waals surface area contributed by atoms with E-state index in [9.17, 15) is 0 Å². The van der Waals surface area contributed by atoms with Crippen molar-refractivity contribution in [3.8, 4) is 0 Å². The third-order valence-corrected chi connectivity index (χ3v) is 3.43. The van der Waals surface area contributed by atoms with E-state index >= 15 is 0 Å². The molecule has 0 atom stereocenters. The van der Waals surface area contributed by atoms with E-state index in [0.29, 0.717) is 6.54 Å². The number of aliphatic hydroxyl groups excluding tert-OH is 1. The number of rotatable bonds is 6. The lowest BCUT2D eigenvalue weighted by Gasteiger charge is -2.21. The van der Waals surface area contributed by atoms with Crippen molar-refractivity contribution in [2.75, 3.05) is 25.4 Å². The minimum absolute atomic E-state index is 0.194. The summed E-state index contributed by atoms with van der Waals surface area (Å²) in [7, 11) is 0. The van der Waals surface area contributed by atoms with E-state index in [1.54, 1.807) is 0 Å². The minimum atomic E-state index is 0.194. The fourth-order valence-electron chi connectivity index (χ4n) is 1.69. The molecule has 0 bridgehead atoms. The summed E-state index contributed by atoms with van der Waals surface area (Å²) in [5.41, 5.74) is 7.76. The molecule has 0 aliphatic heterocycles. The van der Waals surface area contributed by atoms with Gasteiger partial charge in [-0.05, 0) is 40.5 Å². The molecule has 0 saturated carbocycles. The Labute approximate surface area is 105 Å². The van der Waals surface area contributed by atoms with Crippen molar-refractivity contribution in [1.29, 1.82) is 0 Å². The molecule has 0 aromatic heterocycles. The van der Waals surface area contributed by atoms with Crippen LogP contribution in [-0.2, 0) is 6.54 Å². The van der Waals surface area contributed by atoms with E-state index < -0.39 is 0 Å². The molecule has 0 aliphatic carbocycles. The summed E-state index contributed by atoms with van der Waals surface area (Å²) in [4.78, 5) is 2.22. The number of nitrogens with two attached hydrogens (primary N) is 1. The molecular formula is C12H19BrN2O. The van der Waals surface area contributed by atoms with Crippen molar-refractivity contribution >= 4 is 21.6 Å². The first-order valence-electron chi connectivity index (χ1n) is 5.55. The van der Waals surface area contributed by atoms with Gasteiger partial charge < -0.3 is 10.8 Å². The lowest BCUT2D eigenvalue weighted by atomic mass is 10.2. The van der Waals surface area contributed by atoms with E-state index in [0.717, 1.165) is 29.7 Å². The molecule has 3 nitrogen and oxygen atoms in total. The number of anilines is 1. The van der Waals surface area contributed by atoms with Crippen molar-refractivity contribution in [2.24, 2.45) is 0 Å². The summed E-state index contributed by atoms with van der Waals surface area (Å²) >= 11 is 3.50. The first kappa shape index (κ1) is 13.5. The molecule has 16 heavy (non-hydrogen) atoms. The highest BCUT2D eigenvalue weighted by Crippen LogP contribution is 2.24. The molecule has 0 saturated heterocycles. The Morgan fingerprint density at radius 1 is 1.38 bits per heavy atom. The number of benzene rings is 1. The Morgan fingerprint density at radius 3 is 2.75 bits per heavy atom. The van der Waals surface area contributed by atoms with Gasteiger partial charge in [0.05, 0.1) is 6.61 Å². The predicted octanol–water partition coefficient (Wildman–Crippen LogP) is 2.24. The number of nitrogen functional groups attached to an aromatic ring is 1. The predicted molar refractivity (Wildman–Crippen MR) is 71.2 cm³/mol. The van der Waals surface area contributed by atoms with Crippen LogP contribution >= 0.6 is 15.9 Å². The molecule has 4 heteroatoms. The van der Waals surface area contributed by atoms with Gasteiger partial charge >= 0.3 is 0 Å². The SMILES string of the molecule is CCCN(CCO)Cc1cccc(N)c1Br. The van der Waals surface area contributed by atoms with Crippen LogP contribution in [0, 0.1) is 0 Å². The molecule has 3 N–H and O–H groups in total. The summed E-state index contributed by atoms with van der Waals surface area (Å²) in [6.07, 6.45) is 1.08. The number of hydrogen-bond donors (Lipinski definition) is 2. The van der Waals surface area contributed by atoms with Gasteiger partial charge in [0.1, 0.15) is 0 Å². The summed E-state index contributed by atoms with van der Waals surface area (Å²) in [6, 6.07) is 5.89. The topological polar surface area (TPSA) is 49.5 Å². The van der Waals surface area contributed by atoms with Gasteiger partial charge in [0.25, 0.3) is 0 Å². The number of halogens is 1. The second-order valence-corrected chi connectivity index (χ2v) is 4.61. The minimum Gasteiger partial charge on any atom is -0.398 e. The van der Waals surface area contributed by atoms with Crippen molar-refractivity contribution < 1.29 is 5.11 Å². The van der Waals surface area contributed by atoms with Gasteiger partial charge in [0.15, 0.2) is 0 Å². The van der Waals surface area contributed by atoms with E-state index in [4.69, 9.17) is 10.8 Å². The van der Waals surface area contributed by atoms with Crippen LogP contribution in [0.1, 0.15) is 18.9 Å². The largest absolute Gasteiger partial charge is 0.398 e. The van der Waals surface area contributed by atoms with E-state index in [2.05, 4.69) is 33.8 Å². The van der Waals surface area contributed by atoms with Crippen LogP contribution in [0.15, 0.2) is 22.7 Å². The van der Waals surface area contributed by atoms with Crippen molar-refractivity contribution in [2.45, 2.75) is 19.9 Å². The van der Waals surface area contributed by atoms with Gasteiger partial charge in [-0.2, -0.15) is 0 Å². The van der Waals surface area contributed by atoms with Crippen LogP contribution in [0.3, 0.4) is 0 Å². The Morgan fingerprint density at radius 2 is 2.12 bits per heavy atom. The van der Waals surface area contributed by atoms with Crippen LogP contribution in [0.25, 0.3) is 0 Å². The maximum Gasteiger partial charge on any atom is 0.0558 e. The zero-order valence-corrected chi connectivity index (χ0v) is 11.2. The molecule has 0 unspecified atom stereocenters. The van der Waals surface area contributed by atoms with Gasteiger partial charge in [0, 0.05) is 23.2 Å². The molecule has 0 radical (unpaired) electrons. The highest BCUT2D eigenvalue weighted by atomic mass is 79.9. The Hall–Kier alpha value is -0.580. The van der Waals surface area contributed by atoms with Crippen LogP contribution in [0.4, 0.5) is 5.69 Å². The Kier molecular flexibility index (Phi) is 5.80. The molecule has 1 aromatic carbocycles. The lowest BCUT2D eigenvalue weighted by molar-refractivity contribution is 0.190. The Balaban J connectivity index is 2.72. The van der Waals surface area contributed by atoms with Gasteiger partial charge in [-0.25, -0.2) is 0 Å². The first-order chi connectivity index (χ1) is 7.69. The molecule has 0 amide bonds. The van der Waals surface area contributed by atoms with Gasteiger partial charge in [-0.3, -0.25) is 4.90 Å². The normalized spacial score (nSPS) is 11.0. The molecule has 90 valence electrons. The second-order valence-electron chi connectivity index (χ2n) is 3.82. The molecule has 0 aliphatic rings. The quantitative estimate of drug-likeness (QED) is 0.789. The average molecular weight is 287 g/mol. The third kappa shape index (κ3) is 3.77. The summed E-state index contributed by atoms with van der Waals surface area (Å²) in [5.74, 6) is 0. The molecule has 0 heterocycles. The van der Waals surface area contributed by atoms with Crippen molar-refractivity contribution in [1.82, 2.24) is 4.90 Å². The van der Waals surface area contributed by atoms with Crippen LogP contribution < -0.4 is 5.73 Å². The van der Waals surface area contributed by atoms with Gasteiger partial charge in [0.2, 0.25) is 0 Å². The van der Waals surface area contributed by atoms with E-state index in [1.165, 1.54) is 5.56 Å². The molecule has 0 fully saturated rings. The van der Waals surface area contributed by atoms with E-state index in [-0.39, 0.29) is 6.61 Å². The summed E-state index contributed by atoms with van der Waals surface area (Å²) in [5, 5.41) is 8.99. The average Bonchev–Trinajstić information content (AvgIpc) is 2.25.